The van der Waals surface area contributed by atoms with Crippen LogP contribution in [0, 0.1) is 13.8 Å². The van der Waals surface area contributed by atoms with Crippen molar-refractivity contribution in [2.24, 2.45) is 0 Å². The van der Waals surface area contributed by atoms with Crippen LogP contribution in [0.5, 0.6) is 0 Å². The van der Waals surface area contributed by atoms with Gasteiger partial charge < -0.3 is 5.32 Å². The lowest BCUT2D eigenvalue weighted by Crippen LogP contribution is -2.55. The van der Waals surface area contributed by atoms with E-state index in [0.717, 1.165) is 23.1 Å². The molecule has 1 N–H and O–H groups in total. The number of carbonyl (C=O) groups excluding carboxylic acids is 3. The normalized spacial score (nSPS) is 17.7. The Kier molecular flexibility index (Phi) is 6.28. The average Bonchev–Trinajstić information content (AvgIpc) is 3.27. The van der Waals surface area contributed by atoms with Crippen LogP contribution in [0.4, 0.5) is 10.5 Å². The van der Waals surface area contributed by atoms with Crippen LogP contribution in [-0.2, 0) is 22.6 Å². The fourth-order valence-corrected chi connectivity index (χ4v) is 4.77. The summed E-state index contributed by atoms with van der Waals surface area (Å²) < 4.78 is 1.42. The first-order valence-corrected chi connectivity index (χ1v) is 11.6. The summed E-state index contributed by atoms with van der Waals surface area (Å²) in [6, 6.07) is 13.1. The molecule has 7 heteroatoms. The third-order valence-corrected chi connectivity index (χ3v) is 6.85. The van der Waals surface area contributed by atoms with Gasteiger partial charge in [0, 0.05) is 5.69 Å². The van der Waals surface area contributed by atoms with Gasteiger partial charge in [-0.15, -0.1) is 11.8 Å². The van der Waals surface area contributed by atoms with E-state index in [2.05, 4.69) is 12.2 Å². The molecule has 0 saturated carbocycles. The van der Waals surface area contributed by atoms with Gasteiger partial charge in [0.15, 0.2) is 11.8 Å². The Balaban J connectivity index is 1.55. The molecule has 164 valence electrons. The number of amides is 4. The van der Waals surface area contributed by atoms with Gasteiger partial charge in [0.25, 0.3) is 5.91 Å². The number of allylic oxidation sites excluding steroid dienone is 1. The highest BCUT2D eigenvalue weighted by molar-refractivity contribution is 8.04. The lowest BCUT2D eigenvalue weighted by Gasteiger charge is -2.24. The van der Waals surface area contributed by atoms with Crippen molar-refractivity contribution in [3.8, 4) is 0 Å². The molecule has 0 spiro atoms. The van der Waals surface area contributed by atoms with Crippen LogP contribution in [0.25, 0.3) is 0 Å². The first-order chi connectivity index (χ1) is 15.4. The molecule has 0 aliphatic carbocycles. The molecule has 2 aromatic carbocycles. The number of benzene rings is 2. The molecule has 2 aromatic rings. The molecule has 1 atom stereocenters. The quantitative estimate of drug-likeness (QED) is 0.677. The van der Waals surface area contributed by atoms with E-state index >= 15 is 0 Å². The molecular weight excluding hydrogens is 422 g/mol. The maximum atomic E-state index is 13.3. The lowest BCUT2D eigenvalue weighted by molar-refractivity contribution is -0.426. The van der Waals surface area contributed by atoms with Gasteiger partial charge in [-0.05, 0) is 66.1 Å². The van der Waals surface area contributed by atoms with Crippen molar-refractivity contribution in [1.29, 1.82) is 0 Å². The Labute approximate surface area is 192 Å². The molecule has 2 heterocycles. The number of aryl methyl sites for hydroxylation is 3. The Hall–Kier alpha value is -3.19. The van der Waals surface area contributed by atoms with E-state index < -0.39 is 11.3 Å². The molecule has 1 unspecified atom stereocenters. The van der Waals surface area contributed by atoms with Gasteiger partial charge >= 0.3 is 11.9 Å². The second kappa shape index (κ2) is 9.12. The van der Waals surface area contributed by atoms with Crippen molar-refractivity contribution in [2.45, 2.75) is 39.0 Å². The van der Waals surface area contributed by atoms with Crippen LogP contribution in [-0.4, -0.2) is 44.8 Å². The molecule has 0 aromatic heterocycles. The van der Waals surface area contributed by atoms with Crippen LogP contribution < -0.4 is 5.32 Å². The first-order valence-electron chi connectivity index (χ1n) is 10.6. The number of imide groups is 1. The number of urea groups is 1. The predicted octanol–water partition coefficient (Wildman–Crippen LogP) is 4.05. The van der Waals surface area contributed by atoms with Gasteiger partial charge in [0.05, 0.1) is 0 Å². The van der Waals surface area contributed by atoms with Crippen molar-refractivity contribution in [1.82, 2.24) is 4.90 Å². The highest BCUT2D eigenvalue weighted by Gasteiger charge is 2.49. The number of thioether (sulfide) groups is 1. The predicted molar refractivity (Wildman–Crippen MR) is 127 cm³/mol. The minimum atomic E-state index is -0.504. The van der Waals surface area contributed by atoms with Gasteiger partial charge in [0.2, 0.25) is 0 Å². The monoisotopic (exact) mass is 448 g/mol. The minimum absolute atomic E-state index is 0.151. The number of anilines is 1. The van der Waals surface area contributed by atoms with Gasteiger partial charge in [-0.3, -0.25) is 4.79 Å². The summed E-state index contributed by atoms with van der Waals surface area (Å²) in [5, 5.41) is 4.15. The van der Waals surface area contributed by atoms with Gasteiger partial charge in [-0.25, -0.2) is 4.79 Å². The third kappa shape index (κ3) is 4.39. The standard InChI is InChI=1S/C25H25N3O3S/c1-4-18-7-9-20(10-8-18)26-22(29)15-27-21-11-12-32-23(21)24(30)28(25(27)31)14-19-6-5-16(2)17(3)13-19/h5-13,23H,4,14-15H2,1-3H3/p+1. The second-order valence-electron chi connectivity index (χ2n) is 8.05. The summed E-state index contributed by atoms with van der Waals surface area (Å²) in [7, 11) is 0. The molecule has 6 nitrogen and oxygen atoms in total. The fraction of sp³-hybridized carbons (Fsp3) is 0.280. The number of nitrogens with one attached hydrogen (secondary N) is 1. The summed E-state index contributed by atoms with van der Waals surface area (Å²) in [6.45, 7) is 6.13. The Morgan fingerprint density at radius 2 is 1.78 bits per heavy atom. The Morgan fingerprint density at radius 1 is 1.06 bits per heavy atom. The zero-order valence-corrected chi connectivity index (χ0v) is 19.2. The van der Waals surface area contributed by atoms with E-state index in [1.54, 1.807) is 11.5 Å². The SMILES string of the molecule is CCc1ccc(NC(=O)C[N+]2=C3C=CSC3C(=O)N(Cc3ccc(C)c(C)c3)C2=O)cc1. The van der Waals surface area contributed by atoms with Crippen LogP contribution in [0.3, 0.4) is 0 Å². The zero-order chi connectivity index (χ0) is 22.8. The molecule has 2 aliphatic rings. The number of carbonyl (C=O) groups is 3. The molecule has 32 heavy (non-hydrogen) atoms. The minimum Gasteiger partial charge on any atom is -0.323 e. The highest BCUT2D eigenvalue weighted by Crippen LogP contribution is 2.29. The Bertz CT molecular complexity index is 1150. The largest absolute Gasteiger partial charge is 0.501 e. The third-order valence-electron chi connectivity index (χ3n) is 5.85. The fourth-order valence-electron chi connectivity index (χ4n) is 3.81. The van der Waals surface area contributed by atoms with E-state index in [0.29, 0.717) is 11.4 Å². The molecule has 4 amide bonds. The van der Waals surface area contributed by atoms with Crippen molar-refractivity contribution >= 4 is 41.0 Å². The van der Waals surface area contributed by atoms with E-state index in [1.165, 1.54) is 26.8 Å². The summed E-state index contributed by atoms with van der Waals surface area (Å²) >= 11 is 1.36. The van der Waals surface area contributed by atoms with Crippen molar-refractivity contribution < 1.29 is 19.0 Å². The lowest BCUT2D eigenvalue weighted by atomic mass is 10.1. The molecule has 0 bridgehead atoms. The number of nitrogens with zero attached hydrogens (tertiary/aromatic N) is 2. The maximum absolute atomic E-state index is 13.3. The van der Waals surface area contributed by atoms with E-state index in [9.17, 15) is 14.4 Å². The van der Waals surface area contributed by atoms with Crippen molar-refractivity contribution in [3.05, 3.63) is 76.2 Å². The van der Waals surface area contributed by atoms with Crippen LogP contribution in [0.1, 0.15) is 29.2 Å². The zero-order valence-electron chi connectivity index (χ0n) is 18.4. The number of fused-ring (bicyclic) bond motifs is 1. The summed E-state index contributed by atoms with van der Waals surface area (Å²) in [4.78, 5) is 40.3. The summed E-state index contributed by atoms with van der Waals surface area (Å²) in [5.74, 6) is -0.551. The number of hydrogen-bond donors (Lipinski definition) is 1. The molecule has 4 rings (SSSR count). The van der Waals surface area contributed by atoms with Crippen LogP contribution >= 0.6 is 11.8 Å². The second-order valence-corrected chi connectivity index (χ2v) is 9.07. The summed E-state index contributed by atoms with van der Waals surface area (Å²) in [6.07, 6.45) is 2.67. The highest BCUT2D eigenvalue weighted by atomic mass is 32.2. The molecular formula is C25H26N3O3S+. The number of hydrogen-bond acceptors (Lipinski definition) is 4. The first kappa shape index (κ1) is 22.0. The molecule has 0 radical (unpaired) electrons. The van der Waals surface area contributed by atoms with Crippen molar-refractivity contribution in [3.63, 3.8) is 0 Å². The topological polar surface area (TPSA) is 69.5 Å². The summed E-state index contributed by atoms with van der Waals surface area (Å²) in [5.41, 5.74) is 5.57. The molecule has 0 saturated heterocycles. The van der Waals surface area contributed by atoms with Crippen LogP contribution in [0.15, 0.2) is 53.9 Å². The van der Waals surface area contributed by atoms with Gasteiger partial charge in [-0.1, -0.05) is 37.3 Å². The van der Waals surface area contributed by atoms with Gasteiger partial charge in [-0.2, -0.15) is 14.3 Å². The van der Waals surface area contributed by atoms with E-state index in [4.69, 9.17) is 0 Å². The van der Waals surface area contributed by atoms with Crippen molar-refractivity contribution in [2.75, 3.05) is 11.9 Å². The number of rotatable bonds is 6. The van der Waals surface area contributed by atoms with E-state index in [-0.39, 0.29) is 24.9 Å². The smallest absolute Gasteiger partial charge is 0.323 e. The average molecular weight is 449 g/mol. The van der Waals surface area contributed by atoms with E-state index in [1.807, 2.05) is 56.3 Å². The van der Waals surface area contributed by atoms with Gasteiger partial charge in [0.1, 0.15) is 12.3 Å². The van der Waals surface area contributed by atoms with Crippen LogP contribution in [0.2, 0.25) is 0 Å². The Morgan fingerprint density at radius 3 is 2.47 bits per heavy atom. The molecule has 2 aliphatic heterocycles. The molecule has 0 fully saturated rings. The maximum Gasteiger partial charge on any atom is 0.501 e.